The number of aliphatic carboxylic acids is 1. The average molecular weight is 291 g/mol. The summed E-state index contributed by atoms with van der Waals surface area (Å²) in [5, 5.41) is 11.1. The summed E-state index contributed by atoms with van der Waals surface area (Å²) in [7, 11) is 0. The molecule has 1 aromatic rings. The molecule has 0 saturated heterocycles. The lowest BCUT2D eigenvalue weighted by Gasteiger charge is -2.20. The Kier molecular flexibility index (Phi) is 5.18. The molecule has 1 rings (SSSR count). The van der Waals surface area contributed by atoms with Gasteiger partial charge in [-0.25, -0.2) is 4.79 Å². The molecular weight excluding hydrogens is 274 g/mol. The van der Waals surface area contributed by atoms with Crippen molar-refractivity contribution in [1.82, 2.24) is 10.3 Å². The highest BCUT2D eigenvalue weighted by Gasteiger charge is 2.25. The quantitative estimate of drug-likeness (QED) is 0.655. The lowest BCUT2D eigenvalue weighted by atomic mass is 9.93. The molecule has 0 aliphatic heterocycles. The smallest absolute Gasteiger partial charge is 0.328 e. The van der Waals surface area contributed by atoms with Crippen molar-refractivity contribution in [2.75, 3.05) is 6.54 Å². The van der Waals surface area contributed by atoms with Crippen LogP contribution in [0.15, 0.2) is 24.4 Å². The molecule has 0 bridgehead atoms. The molecule has 2 amide bonds. The van der Waals surface area contributed by atoms with Crippen molar-refractivity contribution in [2.45, 2.75) is 13.8 Å². The van der Waals surface area contributed by atoms with Gasteiger partial charge in [-0.2, -0.15) is 0 Å². The number of primary amides is 1. The second-order valence-electron chi connectivity index (χ2n) is 5.08. The summed E-state index contributed by atoms with van der Waals surface area (Å²) in [6.07, 6.45) is 3.73. The minimum atomic E-state index is -1.06. The zero-order valence-corrected chi connectivity index (χ0v) is 11.8. The number of amides is 2. The Morgan fingerprint density at radius 1 is 1.38 bits per heavy atom. The number of carboxylic acids is 1. The Balaban J connectivity index is 2.68. The first-order valence-corrected chi connectivity index (χ1v) is 6.17. The van der Waals surface area contributed by atoms with E-state index < -0.39 is 23.2 Å². The zero-order valence-electron chi connectivity index (χ0n) is 11.8. The van der Waals surface area contributed by atoms with Gasteiger partial charge in [-0.05, 0) is 31.6 Å². The van der Waals surface area contributed by atoms with E-state index in [1.54, 1.807) is 19.9 Å². The van der Waals surface area contributed by atoms with Gasteiger partial charge in [0.15, 0.2) is 0 Å². The summed E-state index contributed by atoms with van der Waals surface area (Å²) < 4.78 is 0. The predicted octanol–water partition coefficient (Wildman–Crippen LogP) is 0.421. The molecule has 21 heavy (non-hydrogen) atoms. The summed E-state index contributed by atoms with van der Waals surface area (Å²) in [4.78, 5) is 37.3. The van der Waals surface area contributed by atoms with E-state index in [4.69, 9.17) is 10.8 Å². The molecule has 0 spiro atoms. The minimum absolute atomic E-state index is 0.101. The number of pyridine rings is 1. The highest BCUT2D eigenvalue weighted by molar-refractivity contribution is 5.93. The monoisotopic (exact) mass is 291 g/mol. The number of nitrogens with one attached hydrogen (secondary N) is 1. The number of aromatic nitrogens is 1. The van der Waals surface area contributed by atoms with Gasteiger partial charge in [-0.3, -0.25) is 14.6 Å². The second-order valence-corrected chi connectivity index (χ2v) is 5.08. The Morgan fingerprint density at radius 2 is 2.05 bits per heavy atom. The van der Waals surface area contributed by atoms with Gasteiger partial charge in [-0.15, -0.1) is 0 Å². The van der Waals surface area contributed by atoms with E-state index >= 15 is 0 Å². The van der Waals surface area contributed by atoms with Crippen LogP contribution in [-0.2, 0) is 9.59 Å². The molecule has 7 nitrogen and oxygen atoms in total. The highest BCUT2D eigenvalue weighted by Crippen LogP contribution is 2.12. The third-order valence-corrected chi connectivity index (χ3v) is 2.80. The lowest BCUT2D eigenvalue weighted by Crippen LogP contribution is -2.42. The number of carbonyl (C=O) groups excluding carboxylic acids is 2. The lowest BCUT2D eigenvalue weighted by molar-refractivity contribution is -0.131. The summed E-state index contributed by atoms with van der Waals surface area (Å²) in [6.45, 7) is 3.36. The van der Waals surface area contributed by atoms with Crippen LogP contribution in [0.5, 0.6) is 0 Å². The van der Waals surface area contributed by atoms with E-state index in [1.165, 1.54) is 18.3 Å². The number of nitrogens with zero attached hydrogens (tertiary/aromatic N) is 1. The standard InChI is InChI=1S/C14H17N3O4/c1-14(2,13(15)21)8-17-12(20)10-5-3-9(7-16-10)4-6-11(18)19/h3-7H,8H2,1-2H3,(H2,15,21)(H,17,20)(H,18,19)/b6-4+. The number of hydrogen-bond donors (Lipinski definition) is 3. The van der Waals surface area contributed by atoms with E-state index in [9.17, 15) is 14.4 Å². The highest BCUT2D eigenvalue weighted by atomic mass is 16.4. The second kappa shape index (κ2) is 6.65. The third kappa shape index (κ3) is 5.06. The number of carboxylic acid groups (broad SMARTS) is 1. The molecule has 4 N–H and O–H groups in total. The first kappa shape index (κ1) is 16.4. The van der Waals surface area contributed by atoms with Crippen molar-refractivity contribution < 1.29 is 19.5 Å². The molecule has 0 atom stereocenters. The van der Waals surface area contributed by atoms with Crippen LogP contribution in [0.3, 0.4) is 0 Å². The molecule has 1 aromatic heterocycles. The first-order chi connectivity index (χ1) is 9.72. The number of hydrogen-bond acceptors (Lipinski definition) is 4. The van der Waals surface area contributed by atoms with Crippen molar-refractivity contribution in [3.63, 3.8) is 0 Å². The van der Waals surface area contributed by atoms with E-state index in [2.05, 4.69) is 10.3 Å². The zero-order chi connectivity index (χ0) is 16.0. The van der Waals surface area contributed by atoms with Gasteiger partial charge in [0.05, 0.1) is 5.41 Å². The van der Waals surface area contributed by atoms with Crippen LogP contribution < -0.4 is 11.1 Å². The van der Waals surface area contributed by atoms with Crippen molar-refractivity contribution in [3.8, 4) is 0 Å². The summed E-state index contributed by atoms with van der Waals surface area (Å²) >= 11 is 0. The van der Waals surface area contributed by atoms with Crippen LogP contribution in [0, 0.1) is 5.41 Å². The summed E-state index contributed by atoms with van der Waals surface area (Å²) in [6, 6.07) is 3.04. The molecule has 0 saturated carbocycles. The summed E-state index contributed by atoms with van der Waals surface area (Å²) in [5.41, 5.74) is 5.09. The fraction of sp³-hybridized carbons (Fsp3) is 0.286. The number of nitrogens with two attached hydrogens (primary N) is 1. The normalized spacial score (nSPS) is 11.3. The SMILES string of the molecule is CC(C)(CNC(=O)c1ccc(/C=C/C(=O)O)cn1)C(N)=O. The third-order valence-electron chi connectivity index (χ3n) is 2.80. The molecule has 0 radical (unpaired) electrons. The van der Waals surface area contributed by atoms with E-state index in [0.717, 1.165) is 6.08 Å². The molecule has 112 valence electrons. The van der Waals surface area contributed by atoms with Crippen molar-refractivity contribution in [1.29, 1.82) is 0 Å². The Morgan fingerprint density at radius 3 is 2.52 bits per heavy atom. The van der Waals surface area contributed by atoms with Gasteiger partial charge in [0.25, 0.3) is 5.91 Å². The molecule has 0 unspecified atom stereocenters. The van der Waals surface area contributed by atoms with Crippen LogP contribution in [0.4, 0.5) is 0 Å². The van der Waals surface area contributed by atoms with Crippen molar-refractivity contribution in [3.05, 3.63) is 35.7 Å². The molecule has 0 aliphatic rings. The van der Waals surface area contributed by atoms with Crippen LogP contribution in [0.25, 0.3) is 6.08 Å². The molecule has 1 heterocycles. The Bertz CT molecular complexity index is 576. The fourth-order valence-corrected chi connectivity index (χ4v) is 1.28. The van der Waals surface area contributed by atoms with Gasteiger partial charge in [-0.1, -0.05) is 6.07 Å². The Hall–Kier alpha value is -2.70. The maximum absolute atomic E-state index is 11.9. The average Bonchev–Trinajstić information content (AvgIpc) is 2.43. The van der Waals surface area contributed by atoms with Gasteiger partial charge in [0.2, 0.25) is 5.91 Å². The van der Waals surface area contributed by atoms with Gasteiger partial charge in [0, 0.05) is 18.8 Å². The molecule has 0 aromatic carbocycles. The van der Waals surface area contributed by atoms with Crippen LogP contribution >= 0.6 is 0 Å². The van der Waals surface area contributed by atoms with Crippen LogP contribution in [-0.4, -0.2) is 34.4 Å². The Labute approximate surface area is 121 Å². The predicted molar refractivity (Wildman–Crippen MR) is 76.2 cm³/mol. The largest absolute Gasteiger partial charge is 0.478 e. The molecule has 0 fully saturated rings. The van der Waals surface area contributed by atoms with E-state index in [0.29, 0.717) is 5.56 Å². The maximum atomic E-state index is 11.9. The number of carbonyl (C=O) groups is 3. The fourth-order valence-electron chi connectivity index (χ4n) is 1.28. The molecule has 0 aliphatic carbocycles. The molecule has 7 heteroatoms. The van der Waals surface area contributed by atoms with Crippen LogP contribution in [0.1, 0.15) is 29.9 Å². The topological polar surface area (TPSA) is 122 Å². The van der Waals surface area contributed by atoms with Crippen molar-refractivity contribution >= 4 is 23.9 Å². The molecular formula is C14H17N3O4. The first-order valence-electron chi connectivity index (χ1n) is 6.17. The minimum Gasteiger partial charge on any atom is -0.478 e. The maximum Gasteiger partial charge on any atom is 0.328 e. The van der Waals surface area contributed by atoms with Crippen molar-refractivity contribution in [2.24, 2.45) is 11.1 Å². The number of rotatable bonds is 6. The van der Waals surface area contributed by atoms with E-state index in [-0.39, 0.29) is 12.2 Å². The van der Waals surface area contributed by atoms with E-state index in [1.807, 2.05) is 0 Å². The summed E-state index contributed by atoms with van der Waals surface area (Å²) in [5.74, 6) is -2.01. The van der Waals surface area contributed by atoms with Crippen LogP contribution in [0.2, 0.25) is 0 Å². The van der Waals surface area contributed by atoms with Gasteiger partial charge in [0.1, 0.15) is 5.69 Å². The van der Waals surface area contributed by atoms with Gasteiger partial charge < -0.3 is 16.2 Å². The van der Waals surface area contributed by atoms with Gasteiger partial charge >= 0.3 is 5.97 Å².